The monoisotopic (exact) mass is 241 g/mol. The predicted molar refractivity (Wildman–Crippen MR) is 56.3 cm³/mol. The summed E-state index contributed by atoms with van der Waals surface area (Å²) in [7, 11) is 0. The molecule has 8 heteroatoms. The van der Waals surface area contributed by atoms with E-state index in [2.05, 4.69) is 0 Å². The van der Waals surface area contributed by atoms with E-state index in [1.807, 2.05) is 0 Å². The lowest BCUT2D eigenvalue weighted by Crippen LogP contribution is -2.50. The highest BCUT2D eigenvalue weighted by atomic mass is 16.7. The summed E-state index contributed by atoms with van der Waals surface area (Å²) in [5.74, 6) is 3.68. The van der Waals surface area contributed by atoms with Crippen LogP contribution in [-0.4, -0.2) is 32.4 Å². The van der Waals surface area contributed by atoms with Crippen LogP contribution in [0.15, 0.2) is 24.3 Å². The molecule has 1 rings (SSSR count). The second-order valence-electron chi connectivity index (χ2n) is 3.34. The number of benzene rings is 1. The van der Waals surface area contributed by atoms with Crippen LogP contribution < -0.4 is 5.84 Å². The van der Waals surface area contributed by atoms with Crippen molar-refractivity contribution in [2.75, 3.05) is 0 Å². The van der Waals surface area contributed by atoms with Crippen LogP contribution in [-0.2, 0) is 11.2 Å². The van der Waals surface area contributed by atoms with Crippen LogP contribution in [0.2, 0.25) is 0 Å². The van der Waals surface area contributed by atoms with E-state index in [-0.39, 0.29) is 17.3 Å². The Hall–Kier alpha value is -2.35. The van der Waals surface area contributed by atoms with Gasteiger partial charge in [-0.25, -0.2) is 14.9 Å². The van der Waals surface area contributed by atoms with Crippen LogP contribution >= 0.6 is 0 Å². The summed E-state index contributed by atoms with van der Waals surface area (Å²) in [6, 6.07) is 4.20. The number of nitrogens with zero attached hydrogens (tertiary/aromatic N) is 2. The second-order valence-corrected chi connectivity index (χ2v) is 3.34. The van der Waals surface area contributed by atoms with E-state index in [0.29, 0.717) is 5.56 Å². The molecule has 4 N–H and O–H groups in total. The van der Waals surface area contributed by atoms with Crippen molar-refractivity contribution in [1.29, 1.82) is 0 Å². The van der Waals surface area contributed by atoms with E-state index in [9.17, 15) is 14.9 Å². The molecule has 0 saturated carbocycles. The zero-order valence-corrected chi connectivity index (χ0v) is 8.68. The van der Waals surface area contributed by atoms with Gasteiger partial charge >= 0.3 is 5.97 Å². The summed E-state index contributed by atoms with van der Waals surface area (Å²) in [5, 5.41) is 27.3. The van der Waals surface area contributed by atoms with Gasteiger partial charge in [0.05, 0.1) is 0 Å². The zero-order chi connectivity index (χ0) is 13.0. The first kappa shape index (κ1) is 12.7. The summed E-state index contributed by atoms with van der Waals surface area (Å²) in [6.45, 7) is 0. The van der Waals surface area contributed by atoms with Crippen LogP contribution in [0.25, 0.3) is 0 Å². The second kappa shape index (κ2) is 5.12. The maximum Gasteiger partial charge on any atom is 0.334 e. The Morgan fingerprint density at radius 1 is 1.47 bits per heavy atom. The lowest BCUT2D eigenvalue weighted by molar-refractivity contribution is -0.664. The molecule has 1 unspecified atom stereocenters. The van der Waals surface area contributed by atoms with Gasteiger partial charge in [0.15, 0.2) is 5.03 Å². The number of carboxylic acid groups (broad SMARTS) is 1. The Bertz CT molecular complexity index is 419. The molecule has 0 aliphatic carbocycles. The molecule has 1 atom stereocenters. The SMILES string of the molecule is NN(C(Cc1ccc(O)cc1)C(=O)O)[N+](=O)[O-]. The molecule has 92 valence electrons. The van der Waals surface area contributed by atoms with Gasteiger partial charge in [-0.1, -0.05) is 12.1 Å². The van der Waals surface area contributed by atoms with Crippen molar-refractivity contribution in [1.82, 2.24) is 5.12 Å². The van der Waals surface area contributed by atoms with Crippen LogP contribution in [0.5, 0.6) is 5.75 Å². The Labute approximate surface area is 96.0 Å². The third-order valence-electron chi connectivity index (χ3n) is 2.16. The zero-order valence-electron chi connectivity index (χ0n) is 8.68. The van der Waals surface area contributed by atoms with Gasteiger partial charge in [0.1, 0.15) is 5.75 Å². The Balaban J connectivity index is 2.84. The van der Waals surface area contributed by atoms with E-state index < -0.39 is 17.0 Å². The number of carbonyl (C=O) groups is 1. The molecule has 1 aromatic carbocycles. The Morgan fingerprint density at radius 2 is 2.00 bits per heavy atom. The number of aromatic hydroxyl groups is 1. The van der Waals surface area contributed by atoms with Gasteiger partial charge in [0.2, 0.25) is 6.04 Å². The number of hydrogen-bond donors (Lipinski definition) is 3. The molecule has 0 bridgehead atoms. The van der Waals surface area contributed by atoms with Gasteiger partial charge in [0.25, 0.3) is 0 Å². The van der Waals surface area contributed by atoms with Crippen molar-refractivity contribution in [3.8, 4) is 5.75 Å². The smallest absolute Gasteiger partial charge is 0.334 e. The first-order valence-electron chi connectivity index (χ1n) is 4.60. The van der Waals surface area contributed by atoms with E-state index in [1.165, 1.54) is 24.3 Å². The van der Waals surface area contributed by atoms with Crippen molar-refractivity contribution in [2.45, 2.75) is 12.5 Å². The molecule has 0 amide bonds. The molecule has 0 aromatic heterocycles. The highest BCUT2D eigenvalue weighted by molar-refractivity contribution is 5.73. The molecule has 0 aliphatic heterocycles. The van der Waals surface area contributed by atoms with E-state index in [0.717, 1.165) is 0 Å². The van der Waals surface area contributed by atoms with E-state index in [1.54, 1.807) is 0 Å². The minimum Gasteiger partial charge on any atom is -0.508 e. The normalized spacial score (nSPS) is 11.8. The van der Waals surface area contributed by atoms with Gasteiger partial charge in [-0.3, -0.25) is 0 Å². The molecule has 1 aromatic rings. The fourth-order valence-corrected chi connectivity index (χ4v) is 1.26. The van der Waals surface area contributed by atoms with Crippen LogP contribution in [0, 0.1) is 10.1 Å². The number of rotatable bonds is 5. The van der Waals surface area contributed by atoms with Crippen molar-refractivity contribution >= 4 is 5.97 Å². The van der Waals surface area contributed by atoms with Crippen LogP contribution in [0.3, 0.4) is 0 Å². The molecular weight excluding hydrogens is 230 g/mol. The van der Waals surface area contributed by atoms with Crippen molar-refractivity contribution in [3.63, 3.8) is 0 Å². The number of hydrazine groups is 2. The summed E-state index contributed by atoms with van der Waals surface area (Å²) < 4.78 is 0. The largest absolute Gasteiger partial charge is 0.508 e. The van der Waals surface area contributed by atoms with Gasteiger partial charge in [-0.2, -0.15) is 5.84 Å². The number of carboxylic acids is 1. The van der Waals surface area contributed by atoms with Gasteiger partial charge in [-0.15, -0.1) is 0 Å². The number of phenolic OH excluding ortho intramolecular Hbond substituents is 1. The van der Waals surface area contributed by atoms with Gasteiger partial charge in [0, 0.05) is 6.42 Å². The predicted octanol–water partition coefficient (Wildman–Crippen LogP) is -0.245. The summed E-state index contributed by atoms with van der Waals surface area (Å²) in [6.07, 6.45) is -0.132. The summed E-state index contributed by atoms with van der Waals surface area (Å²) in [4.78, 5) is 21.2. The van der Waals surface area contributed by atoms with Gasteiger partial charge < -0.3 is 10.2 Å². The van der Waals surface area contributed by atoms with E-state index in [4.69, 9.17) is 16.1 Å². The third kappa shape index (κ3) is 3.31. The average Bonchev–Trinajstić information content (AvgIpc) is 2.26. The summed E-state index contributed by atoms with van der Waals surface area (Å²) in [5.41, 5.74) is 0.521. The maximum atomic E-state index is 10.8. The first-order valence-corrected chi connectivity index (χ1v) is 4.60. The van der Waals surface area contributed by atoms with Crippen LogP contribution in [0.1, 0.15) is 5.56 Å². The molecular formula is C9H11N3O5. The Kier molecular flexibility index (Phi) is 3.83. The number of aliphatic carboxylic acids is 1. The molecule has 8 nitrogen and oxygen atoms in total. The van der Waals surface area contributed by atoms with Crippen molar-refractivity contribution in [2.24, 2.45) is 5.84 Å². The molecule has 0 radical (unpaired) electrons. The number of hydrogen-bond acceptors (Lipinski definition) is 5. The van der Waals surface area contributed by atoms with Crippen LogP contribution in [0.4, 0.5) is 0 Å². The molecule has 0 aliphatic rings. The minimum absolute atomic E-state index is 0.0273. The molecule has 0 saturated heterocycles. The third-order valence-corrected chi connectivity index (χ3v) is 2.16. The topological polar surface area (TPSA) is 130 Å². The number of phenols is 1. The van der Waals surface area contributed by atoms with E-state index >= 15 is 0 Å². The first-order chi connectivity index (χ1) is 7.91. The Morgan fingerprint density at radius 3 is 2.41 bits per heavy atom. The van der Waals surface area contributed by atoms with Crippen molar-refractivity contribution in [3.05, 3.63) is 39.9 Å². The van der Waals surface area contributed by atoms with Crippen molar-refractivity contribution < 1.29 is 20.0 Å². The highest BCUT2D eigenvalue weighted by Crippen LogP contribution is 2.12. The highest BCUT2D eigenvalue weighted by Gasteiger charge is 2.30. The molecule has 17 heavy (non-hydrogen) atoms. The van der Waals surface area contributed by atoms with Gasteiger partial charge in [-0.05, 0) is 22.8 Å². The number of nitro groups is 1. The molecule has 0 heterocycles. The quantitative estimate of drug-likeness (QED) is 0.368. The lowest BCUT2D eigenvalue weighted by Gasteiger charge is -2.16. The fraction of sp³-hybridized carbons (Fsp3) is 0.222. The molecule has 0 fully saturated rings. The average molecular weight is 241 g/mol. The molecule has 0 spiro atoms. The summed E-state index contributed by atoms with van der Waals surface area (Å²) >= 11 is 0. The lowest BCUT2D eigenvalue weighted by atomic mass is 10.1. The fourth-order valence-electron chi connectivity index (χ4n) is 1.26. The maximum absolute atomic E-state index is 10.8. The number of nitrogens with two attached hydrogens (primary N) is 1. The minimum atomic E-state index is -1.46. The standard InChI is InChI=1S/C9H11N3O5/c10-11(12(16)17)8(9(14)15)5-6-1-3-7(13)4-2-6/h1-4,8,13H,5,10H2,(H,14,15).